The number of carbonyl (C=O) groups is 1. The van der Waals surface area contributed by atoms with Crippen LogP contribution in [-0.2, 0) is 23.1 Å². The van der Waals surface area contributed by atoms with Crippen LogP contribution in [0.4, 0.5) is 17.6 Å². The molecule has 0 aliphatic carbocycles. The summed E-state index contributed by atoms with van der Waals surface area (Å²) in [7, 11) is 2.92. The first kappa shape index (κ1) is 22.2. The number of hydrogen-bond donors (Lipinski definition) is 0. The predicted octanol–water partition coefficient (Wildman–Crippen LogP) is 3.32. The molecule has 0 spiro atoms. The van der Waals surface area contributed by atoms with Crippen LogP contribution in [-0.4, -0.2) is 64.7 Å². The van der Waals surface area contributed by atoms with Crippen molar-refractivity contribution in [3.8, 4) is 11.1 Å². The highest BCUT2D eigenvalue weighted by molar-refractivity contribution is 5.99. The number of aryl methyl sites for hydroxylation is 1. The molecule has 0 bridgehead atoms. The maximum atomic E-state index is 15.5. The van der Waals surface area contributed by atoms with Gasteiger partial charge in [0, 0.05) is 49.4 Å². The van der Waals surface area contributed by atoms with Crippen LogP contribution in [0.25, 0.3) is 22.0 Å². The average molecular weight is 452 g/mol. The highest BCUT2D eigenvalue weighted by Crippen LogP contribution is 2.32. The first-order valence-electron chi connectivity index (χ1n) is 9.77. The van der Waals surface area contributed by atoms with Crippen molar-refractivity contribution >= 4 is 16.9 Å². The van der Waals surface area contributed by atoms with Crippen LogP contribution in [0.2, 0.25) is 0 Å². The van der Waals surface area contributed by atoms with Crippen LogP contribution in [0.15, 0.2) is 30.6 Å². The molecule has 3 aromatic rings. The second-order valence-corrected chi connectivity index (χ2v) is 7.52. The molecule has 0 unspecified atom stereocenters. The SMILES string of the molecule is COC(=O)c1cc(-c2cnn(C)c2)c2ccc(CN3CCO[C@H](C(F)(F)F)C3)c(F)c2n1. The molecule has 0 radical (unpaired) electrons. The van der Waals surface area contributed by atoms with Crippen molar-refractivity contribution in [2.24, 2.45) is 7.05 Å². The number of ether oxygens (including phenoxy) is 2. The van der Waals surface area contributed by atoms with E-state index in [1.807, 2.05) is 0 Å². The van der Waals surface area contributed by atoms with Crippen molar-refractivity contribution in [1.29, 1.82) is 0 Å². The minimum absolute atomic E-state index is 0.0515. The first-order valence-corrected chi connectivity index (χ1v) is 9.77. The number of esters is 1. The van der Waals surface area contributed by atoms with Gasteiger partial charge in [0.2, 0.25) is 0 Å². The molecule has 1 aliphatic rings. The lowest BCUT2D eigenvalue weighted by Gasteiger charge is -2.33. The minimum Gasteiger partial charge on any atom is -0.464 e. The largest absolute Gasteiger partial charge is 0.464 e. The second kappa shape index (κ2) is 8.47. The van der Waals surface area contributed by atoms with E-state index in [1.54, 1.807) is 30.2 Å². The summed E-state index contributed by atoms with van der Waals surface area (Å²) in [5, 5.41) is 4.56. The molecular formula is C21H20F4N4O3. The normalized spacial score (nSPS) is 17.6. The monoisotopic (exact) mass is 452 g/mol. The van der Waals surface area contributed by atoms with E-state index in [-0.39, 0.29) is 36.5 Å². The van der Waals surface area contributed by atoms with Crippen molar-refractivity contribution in [2.75, 3.05) is 26.8 Å². The fraction of sp³-hybridized carbons (Fsp3) is 0.381. The number of nitrogens with zero attached hydrogens (tertiary/aromatic N) is 4. The molecular weight excluding hydrogens is 432 g/mol. The lowest BCUT2D eigenvalue weighted by atomic mass is 10.0. The van der Waals surface area contributed by atoms with Crippen LogP contribution in [0.5, 0.6) is 0 Å². The van der Waals surface area contributed by atoms with Gasteiger partial charge in [0.1, 0.15) is 11.2 Å². The van der Waals surface area contributed by atoms with Gasteiger partial charge in [0.25, 0.3) is 0 Å². The maximum absolute atomic E-state index is 15.5. The van der Waals surface area contributed by atoms with E-state index in [0.717, 1.165) is 0 Å². The number of halogens is 4. The van der Waals surface area contributed by atoms with Crippen molar-refractivity contribution < 1.29 is 31.8 Å². The van der Waals surface area contributed by atoms with Gasteiger partial charge in [-0.2, -0.15) is 18.3 Å². The molecule has 7 nitrogen and oxygen atoms in total. The molecule has 170 valence electrons. The van der Waals surface area contributed by atoms with E-state index in [0.29, 0.717) is 16.5 Å². The molecule has 1 aliphatic heterocycles. The highest BCUT2D eigenvalue weighted by Gasteiger charge is 2.43. The number of benzene rings is 1. The Hall–Kier alpha value is -3.05. The minimum atomic E-state index is -4.49. The van der Waals surface area contributed by atoms with Crippen molar-refractivity contribution in [2.45, 2.75) is 18.8 Å². The number of carbonyl (C=O) groups excluding carboxylic acids is 1. The van der Waals surface area contributed by atoms with Crippen LogP contribution >= 0.6 is 0 Å². The van der Waals surface area contributed by atoms with Crippen LogP contribution in [0.1, 0.15) is 16.1 Å². The molecule has 2 aromatic heterocycles. The number of alkyl halides is 3. The third-order valence-corrected chi connectivity index (χ3v) is 5.32. The van der Waals surface area contributed by atoms with E-state index in [2.05, 4.69) is 10.1 Å². The van der Waals surface area contributed by atoms with Gasteiger partial charge in [-0.15, -0.1) is 0 Å². The molecule has 1 saturated heterocycles. The summed E-state index contributed by atoms with van der Waals surface area (Å²) >= 11 is 0. The van der Waals surface area contributed by atoms with Gasteiger partial charge >= 0.3 is 12.1 Å². The Balaban J connectivity index is 1.75. The molecule has 0 N–H and O–H groups in total. The van der Waals surface area contributed by atoms with Gasteiger partial charge in [-0.05, 0) is 11.6 Å². The summed E-state index contributed by atoms with van der Waals surface area (Å²) < 4.78 is 65.6. The summed E-state index contributed by atoms with van der Waals surface area (Å²) in [5.74, 6) is -1.43. The number of fused-ring (bicyclic) bond motifs is 1. The Bertz CT molecular complexity index is 1160. The second-order valence-electron chi connectivity index (χ2n) is 7.52. The molecule has 11 heteroatoms. The van der Waals surface area contributed by atoms with E-state index in [1.165, 1.54) is 24.1 Å². The maximum Gasteiger partial charge on any atom is 0.415 e. The summed E-state index contributed by atoms with van der Waals surface area (Å²) in [4.78, 5) is 17.8. The quantitative estimate of drug-likeness (QED) is 0.447. The number of rotatable bonds is 4. The molecule has 0 amide bonds. The smallest absolute Gasteiger partial charge is 0.415 e. The van der Waals surface area contributed by atoms with E-state index >= 15 is 4.39 Å². The van der Waals surface area contributed by atoms with Gasteiger partial charge in [-0.1, -0.05) is 12.1 Å². The third kappa shape index (κ3) is 4.30. The van der Waals surface area contributed by atoms with Crippen molar-refractivity contribution in [1.82, 2.24) is 19.7 Å². The summed E-state index contributed by atoms with van der Waals surface area (Å²) in [6.07, 6.45) is -3.11. The third-order valence-electron chi connectivity index (χ3n) is 5.32. The van der Waals surface area contributed by atoms with E-state index < -0.39 is 30.6 Å². The van der Waals surface area contributed by atoms with Crippen molar-refractivity contribution in [3.05, 3.63) is 47.7 Å². The summed E-state index contributed by atoms with van der Waals surface area (Å²) in [5.41, 5.74) is 1.21. The zero-order valence-corrected chi connectivity index (χ0v) is 17.3. The Morgan fingerprint density at radius 3 is 2.78 bits per heavy atom. The molecule has 4 rings (SSSR count). The zero-order chi connectivity index (χ0) is 23.0. The van der Waals surface area contributed by atoms with Crippen LogP contribution in [0.3, 0.4) is 0 Å². The lowest BCUT2D eigenvalue weighted by molar-refractivity contribution is -0.237. The number of pyridine rings is 1. The molecule has 1 aromatic carbocycles. The number of hydrogen-bond acceptors (Lipinski definition) is 6. The van der Waals surface area contributed by atoms with Crippen LogP contribution < -0.4 is 0 Å². The number of aromatic nitrogens is 3. The van der Waals surface area contributed by atoms with E-state index in [4.69, 9.17) is 9.47 Å². The molecule has 32 heavy (non-hydrogen) atoms. The topological polar surface area (TPSA) is 69.5 Å². The fourth-order valence-electron chi connectivity index (χ4n) is 3.72. The highest BCUT2D eigenvalue weighted by atomic mass is 19.4. The molecule has 3 heterocycles. The van der Waals surface area contributed by atoms with E-state index in [9.17, 15) is 18.0 Å². The Morgan fingerprint density at radius 1 is 1.34 bits per heavy atom. The lowest BCUT2D eigenvalue weighted by Crippen LogP contribution is -2.48. The standard InChI is InChI=1S/C21H20F4N4O3/c1-28-9-13(8-26-28)15-7-16(20(30)31-2)27-19-14(15)4-3-12(18(19)22)10-29-5-6-32-17(11-29)21(23,24)25/h3-4,7-9,17H,5-6,10-11H2,1-2H3/t17-/m0/s1. The van der Waals surface area contributed by atoms with Gasteiger partial charge in [-0.3, -0.25) is 9.58 Å². The Labute approximate surface area is 180 Å². The Morgan fingerprint density at radius 2 is 2.12 bits per heavy atom. The zero-order valence-electron chi connectivity index (χ0n) is 17.3. The number of methoxy groups -OCH3 is 1. The van der Waals surface area contributed by atoms with Gasteiger partial charge < -0.3 is 9.47 Å². The van der Waals surface area contributed by atoms with Gasteiger partial charge in [-0.25, -0.2) is 14.2 Å². The molecule has 1 atom stereocenters. The van der Waals surface area contributed by atoms with Gasteiger partial charge in [0.15, 0.2) is 11.9 Å². The Kier molecular flexibility index (Phi) is 5.87. The molecule has 0 saturated carbocycles. The van der Waals surface area contributed by atoms with Crippen LogP contribution in [0, 0.1) is 5.82 Å². The number of morpholine rings is 1. The first-order chi connectivity index (χ1) is 15.2. The average Bonchev–Trinajstić information content (AvgIpc) is 3.20. The van der Waals surface area contributed by atoms with Gasteiger partial charge in [0.05, 0.1) is 19.9 Å². The summed E-state index contributed by atoms with van der Waals surface area (Å²) in [6.45, 7) is -0.308. The summed E-state index contributed by atoms with van der Waals surface area (Å²) in [6, 6.07) is 4.67. The molecule has 1 fully saturated rings. The predicted molar refractivity (Wildman–Crippen MR) is 106 cm³/mol. The van der Waals surface area contributed by atoms with Crippen molar-refractivity contribution in [3.63, 3.8) is 0 Å². The fourth-order valence-corrected chi connectivity index (χ4v) is 3.72.